The molecule has 0 saturated carbocycles. The van der Waals surface area contributed by atoms with Gasteiger partial charge in [0.05, 0.1) is 22.3 Å². The number of hydrogen-bond donors (Lipinski definition) is 2. The van der Waals surface area contributed by atoms with E-state index in [4.69, 9.17) is 4.52 Å². The highest BCUT2D eigenvalue weighted by Gasteiger charge is 2.19. The lowest BCUT2D eigenvalue weighted by atomic mass is 10.1. The van der Waals surface area contributed by atoms with Crippen LogP contribution in [0.25, 0.3) is 22.4 Å². The second-order valence-corrected chi connectivity index (χ2v) is 5.61. The number of fused-ring (bicyclic) bond motifs is 1. The third kappa shape index (κ3) is 3.65. The Balaban J connectivity index is 1.93. The number of aromatic nitrogens is 2. The van der Waals surface area contributed by atoms with Crippen LogP contribution in [0.5, 0.6) is 0 Å². The molecule has 3 rings (SSSR count). The summed E-state index contributed by atoms with van der Waals surface area (Å²) in [5, 5.41) is 9.94. The molecule has 0 bridgehead atoms. The molecule has 2 aromatic heterocycles. The minimum atomic E-state index is -0.263. The zero-order chi connectivity index (χ0) is 17.8. The minimum Gasteiger partial charge on any atom is -0.355 e. The molecule has 2 amide bonds. The van der Waals surface area contributed by atoms with Gasteiger partial charge in [0.1, 0.15) is 0 Å². The van der Waals surface area contributed by atoms with Crippen molar-refractivity contribution >= 4 is 22.9 Å². The van der Waals surface area contributed by atoms with E-state index in [2.05, 4.69) is 20.8 Å². The molecule has 0 aliphatic carbocycles. The molecule has 0 fully saturated rings. The van der Waals surface area contributed by atoms with Crippen LogP contribution in [-0.2, 0) is 4.79 Å². The van der Waals surface area contributed by atoms with Gasteiger partial charge in [-0.05, 0) is 13.0 Å². The van der Waals surface area contributed by atoms with E-state index in [-0.39, 0.29) is 11.8 Å². The summed E-state index contributed by atoms with van der Waals surface area (Å²) in [6.07, 6.45) is 0. The van der Waals surface area contributed by atoms with Crippen LogP contribution in [0.1, 0.15) is 23.0 Å². The maximum absolute atomic E-state index is 12.6. The van der Waals surface area contributed by atoms with Crippen LogP contribution in [0, 0.1) is 6.92 Å². The first-order valence-corrected chi connectivity index (χ1v) is 7.91. The summed E-state index contributed by atoms with van der Waals surface area (Å²) in [6.45, 7) is 3.89. The lowest BCUT2D eigenvalue weighted by Crippen LogP contribution is -2.33. The van der Waals surface area contributed by atoms with Crippen molar-refractivity contribution < 1.29 is 14.1 Å². The Kier molecular flexibility index (Phi) is 4.74. The van der Waals surface area contributed by atoms with Crippen molar-refractivity contribution in [2.24, 2.45) is 0 Å². The van der Waals surface area contributed by atoms with Crippen molar-refractivity contribution in [2.45, 2.75) is 13.8 Å². The number of aryl methyl sites for hydroxylation is 1. The number of rotatable bonds is 5. The summed E-state index contributed by atoms with van der Waals surface area (Å²) in [4.78, 5) is 28.0. The Hall–Kier alpha value is -3.22. The fourth-order valence-electron chi connectivity index (χ4n) is 2.54. The number of nitrogens with one attached hydrogen (secondary N) is 2. The predicted molar refractivity (Wildman–Crippen MR) is 93.0 cm³/mol. The third-order valence-corrected chi connectivity index (χ3v) is 3.72. The summed E-state index contributed by atoms with van der Waals surface area (Å²) in [5.41, 5.74) is 2.90. The van der Waals surface area contributed by atoms with E-state index in [1.54, 1.807) is 13.0 Å². The molecule has 0 radical (unpaired) electrons. The van der Waals surface area contributed by atoms with Gasteiger partial charge in [-0.25, -0.2) is 4.98 Å². The molecule has 2 N–H and O–H groups in total. The topological polar surface area (TPSA) is 97.1 Å². The minimum absolute atomic E-state index is 0.137. The van der Waals surface area contributed by atoms with Crippen LogP contribution in [0.2, 0.25) is 0 Å². The maximum Gasteiger partial charge on any atom is 0.259 e. The van der Waals surface area contributed by atoms with E-state index in [1.807, 2.05) is 30.3 Å². The van der Waals surface area contributed by atoms with E-state index in [9.17, 15) is 9.59 Å². The van der Waals surface area contributed by atoms with Gasteiger partial charge in [0.2, 0.25) is 5.91 Å². The fourth-order valence-corrected chi connectivity index (χ4v) is 2.54. The molecule has 0 aliphatic rings. The van der Waals surface area contributed by atoms with Crippen LogP contribution < -0.4 is 10.6 Å². The Morgan fingerprint density at radius 3 is 2.56 bits per heavy atom. The summed E-state index contributed by atoms with van der Waals surface area (Å²) < 4.78 is 5.26. The number of amides is 2. The van der Waals surface area contributed by atoms with Crippen LogP contribution in [0.3, 0.4) is 0 Å². The van der Waals surface area contributed by atoms with E-state index < -0.39 is 0 Å². The summed E-state index contributed by atoms with van der Waals surface area (Å²) in [7, 11) is 0. The third-order valence-electron chi connectivity index (χ3n) is 3.72. The molecule has 0 spiro atoms. The second-order valence-electron chi connectivity index (χ2n) is 5.61. The molecule has 2 heterocycles. The van der Waals surface area contributed by atoms with Crippen molar-refractivity contribution in [3.63, 3.8) is 0 Å². The standard InChI is InChI=1S/C18H18N4O3/c1-11-16-14(17(24)20-9-8-19-12(2)23)10-15(21-18(16)25-22-11)13-6-4-3-5-7-13/h3-7,10H,8-9H2,1-2H3,(H,19,23)(H,20,24). The van der Waals surface area contributed by atoms with Gasteiger partial charge in [0, 0.05) is 25.6 Å². The molecule has 0 unspecified atom stereocenters. The Morgan fingerprint density at radius 1 is 1.12 bits per heavy atom. The lowest BCUT2D eigenvalue weighted by molar-refractivity contribution is -0.118. The largest absolute Gasteiger partial charge is 0.355 e. The van der Waals surface area contributed by atoms with Gasteiger partial charge in [-0.15, -0.1) is 0 Å². The fraction of sp³-hybridized carbons (Fsp3) is 0.222. The van der Waals surface area contributed by atoms with Crippen molar-refractivity contribution in [1.82, 2.24) is 20.8 Å². The first-order chi connectivity index (χ1) is 12.1. The molecular formula is C18H18N4O3. The number of benzene rings is 1. The molecule has 7 heteroatoms. The smallest absolute Gasteiger partial charge is 0.259 e. The normalized spacial score (nSPS) is 10.6. The first kappa shape index (κ1) is 16.6. The van der Waals surface area contributed by atoms with Crippen molar-refractivity contribution in [2.75, 3.05) is 13.1 Å². The van der Waals surface area contributed by atoms with E-state index in [1.165, 1.54) is 6.92 Å². The average Bonchev–Trinajstić information content (AvgIpc) is 2.99. The van der Waals surface area contributed by atoms with Gasteiger partial charge in [-0.1, -0.05) is 35.5 Å². The van der Waals surface area contributed by atoms with Crippen LogP contribution in [0.4, 0.5) is 0 Å². The van der Waals surface area contributed by atoms with E-state index >= 15 is 0 Å². The SMILES string of the molecule is CC(=O)NCCNC(=O)c1cc(-c2ccccc2)nc2onc(C)c12. The Bertz CT molecular complexity index is 919. The lowest BCUT2D eigenvalue weighted by Gasteiger charge is -2.08. The zero-order valence-electron chi connectivity index (χ0n) is 14.0. The predicted octanol–water partition coefficient (Wildman–Crippen LogP) is 2.06. The van der Waals surface area contributed by atoms with Crippen LogP contribution in [0.15, 0.2) is 40.9 Å². The Labute approximate surface area is 144 Å². The number of carbonyl (C=O) groups excluding carboxylic acids is 2. The van der Waals surface area contributed by atoms with Gasteiger partial charge >= 0.3 is 0 Å². The van der Waals surface area contributed by atoms with E-state index in [0.717, 1.165) is 5.56 Å². The molecular weight excluding hydrogens is 320 g/mol. The van der Waals surface area contributed by atoms with Gasteiger partial charge in [-0.3, -0.25) is 9.59 Å². The average molecular weight is 338 g/mol. The first-order valence-electron chi connectivity index (χ1n) is 7.91. The molecule has 128 valence electrons. The molecule has 7 nitrogen and oxygen atoms in total. The van der Waals surface area contributed by atoms with Gasteiger partial charge < -0.3 is 15.2 Å². The van der Waals surface area contributed by atoms with Crippen LogP contribution >= 0.6 is 0 Å². The summed E-state index contributed by atoms with van der Waals surface area (Å²) >= 11 is 0. The summed E-state index contributed by atoms with van der Waals surface area (Å²) in [5.74, 6) is -0.400. The molecule has 25 heavy (non-hydrogen) atoms. The van der Waals surface area contributed by atoms with Crippen molar-refractivity contribution in [3.05, 3.63) is 47.7 Å². The maximum atomic E-state index is 12.6. The van der Waals surface area contributed by atoms with Crippen molar-refractivity contribution in [1.29, 1.82) is 0 Å². The monoisotopic (exact) mass is 338 g/mol. The highest BCUT2D eigenvalue weighted by molar-refractivity contribution is 6.07. The van der Waals surface area contributed by atoms with Gasteiger partial charge in [0.15, 0.2) is 0 Å². The molecule has 0 aliphatic heterocycles. The quantitative estimate of drug-likeness (QED) is 0.694. The molecule has 1 aromatic carbocycles. The second kappa shape index (κ2) is 7.12. The van der Waals surface area contributed by atoms with E-state index in [0.29, 0.717) is 41.1 Å². The molecule has 3 aromatic rings. The van der Waals surface area contributed by atoms with Crippen molar-refractivity contribution in [3.8, 4) is 11.3 Å². The van der Waals surface area contributed by atoms with Gasteiger partial charge in [-0.2, -0.15) is 0 Å². The molecule has 0 saturated heterocycles. The Morgan fingerprint density at radius 2 is 1.84 bits per heavy atom. The highest BCUT2D eigenvalue weighted by Crippen LogP contribution is 2.26. The van der Waals surface area contributed by atoms with Crippen LogP contribution in [-0.4, -0.2) is 35.0 Å². The number of pyridine rings is 1. The highest BCUT2D eigenvalue weighted by atomic mass is 16.5. The van der Waals surface area contributed by atoms with Gasteiger partial charge in [0.25, 0.3) is 11.6 Å². The number of nitrogens with zero attached hydrogens (tertiary/aromatic N) is 2. The molecule has 0 atom stereocenters. The summed E-state index contributed by atoms with van der Waals surface area (Å²) in [6, 6.07) is 11.3. The zero-order valence-corrected chi connectivity index (χ0v) is 14.0. The number of carbonyl (C=O) groups is 2. The number of hydrogen-bond acceptors (Lipinski definition) is 5.